The highest BCUT2D eigenvalue weighted by Gasteiger charge is 2.30. The normalized spacial score (nSPS) is 12.3. The van der Waals surface area contributed by atoms with Crippen molar-refractivity contribution in [2.75, 3.05) is 17.1 Å². The van der Waals surface area contributed by atoms with Crippen molar-refractivity contribution in [2.24, 2.45) is 0 Å². The van der Waals surface area contributed by atoms with Gasteiger partial charge in [-0.3, -0.25) is 13.9 Å². The Kier molecular flexibility index (Phi) is 8.69. The molecule has 174 valence electrons. The van der Waals surface area contributed by atoms with E-state index in [-0.39, 0.29) is 18.5 Å². The molecule has 1 unspecified atom stereocenters. The molecule has 9 heteroatoms. The fraction of sp³-hybridized carbons (Fsp3) is 0.391. The highest BCUT2D eigenvalue weighted by molar-refractivity contribution is 7.92. The van der Waals surface area contributed by atoms with Gasteiger partial charge in [-0.05, 0) is 57.0 Å². The first-order valence-electron chi connectivity index (χ1n) is 10.3. The molecule has 2 amide bonds. The zero-order valence-electron chi connectivity index (χ0n) is 19.0. The maximum absolute atomic E-state index is 13.4. The molecule has 32 heavy (non-hydrogen) atoms. The van der Waals surface area contributed by atoms with Crippen molar-refractivity contribution in [1.29, 1.82) is 0 Å². The van der Waals surface area contributed by atoms with Gasteiger partial charge < -0.3 is 10.2 Å². The Morgan fingerprint density at radius 1 is 1.06 bits per heavy atom. The van der Waals surface area contributed by atoms with E-state index in [0.717, 1.165) is 16.1 Å². The van der Waals surface area contributed by atoms with Gasteiger partial charge in [0, 0.05) is 17.6 Å². The van der Waals surface area contributed by atoms with Crippen molar-refractivity contribution in [3.8, 4) is 0 Å². The first kappa shape index (κ1) is 25.7. The van der Waals surface area contributed by atoms with Gasteiger partial charge in [-0.1, -0.05) is 41.9 Å². The van der Waals surface area contributed by atoms with Crippen molar-refractivity contribution in [3.05, 3.63) is 64.7 Å². The third kappa shape index (κ3) is 6.97. The number of anilines is 1. The van der Waals surface area contributed by atoms with Gasteiger partial charge in [0.05, 0.1) is 11.9 Å². The molecule has 0 saturated heterocycles. The predicted octanol–water partition coefficient (Wildman–Crippen LogP) is 3.36. The van der Waals surface area contributed by atoms with E-state index < -0.39 is 28.5 Å². The molecule has 7 nitrogen and oxygen atoms in total. The van der Waals surface area contributed by atoms with Gasteiger partial charge in [-0.15, -0.1) is 0 Å². The van der Waals surface area contributed by atoms with Crippen LogP contribution in [0.1, 0.15) is 31.9 Å². The molecule has 2 rings (SSSR count). The lowest BCUT2D eigenvalue weighted by Crippen LogP contribution is -2.52. The van der Waals surface area contributed by atoms with E-state index in [4.69, 9.17) is 11.6 Å². The zero-order chi connectivity index (χ0) is 24.1. The highest BCUT2D eigenvalue weighted by atomic mass is 35.5. The fourth-order valence-electron chi connectivity index (χ4n) is 3.26. The van der Waals surface area contributed by atoms with Gasteiger partial charge in [0.1, 0.15) is 12.6 Å². The number of nitrogens with one attached hydrogen (secondary N) is 1. The molecular weight excluding hydrogens is 450 g/mol. The fourth-order valence-corrected chi connectivity index (χ4v) is 4.40. The third-order valence-electron chi connectivity index (χ3n) is 4.90. The summed E-state index contributed by atoms with van der Waals surface area (Å²) in [5.41, 5.74) is 1.82. The number of hydrogen-bond donors (Lipinski definition) is 1. The van der Waals surface area contributed by atoms with Crippen LogP contribution in [-0.4, -0.2) is 50.0 Å². The number of aryl methyl sites for hydroxylation is 1. The van der Waals surface area contributed by atoms with E-state index in [2.05, 4.69) is 5.32 Å². The third-order valence-corrected chi connectivity index (χ3v) is 6.26. The molecule has 0 heterocycles. The summed E-state index contributed by atoms with van der Waals surface area (Å²) in [4.78, 5) is 27.5. The summed E-state index contributed by atoms with van der Waals surface area (Å²) >= 11 is 6.01. The Hall–Kier alpha value is -2.58. The topological polar surface area (TPSA) is 86.8 Å². The summed E-state index contributed by atoms with van der Waals surface area (Å²) in [6.45, 7) is 6.77. The van der Waals surface area contributed by atoms with Gasteiger partial charge in [0.2, 0.25) is 21.8 Å². The van der Waals surface area contributed by atoms with Crippen LogP contribution in [0.15, 0.2) is 48.5 Å². The quantitative estimate of drug-likeness (QED) is 0.597. The molecule has 0 fully saturated rings. The van der Waals surface area contributed by atoms with Gasteiger partial charge in [0.15, 0.2) is 0 Å². The Morgan fingerprint density at radius 3 is 2.22 bits per heavy atom. The number of halogens is 1. The number of carbonyl (C=O) groups excluding carboxylic acids is 2. The van der Waals surface area contributed by atoms with E-state index in [1.807, 2.05) is 44.2 Å². The molecule has 2 aromatic carbocycles. The molecule has 1 N–H and O–H groups in total. The van der Waals surface area contributed by atoms with Gasteiger partial charge in [-0.2, -0.15) is 0 Å². The van der Waals surface area contributed by atoms with Crippen LogP contribution in [0.4, 0.5) is 5.69 Å². The largest absolute Gasteiger partial charge is 0.352 e. The molecule has 0 radical (unpaired) electrons. The molecule has 0 aliphatic carbocycles. The zero-order valence-corrected chi connectivity index (χ0v) is 20.6. The van der Waals surface area contributed by atoms with Crippen molar-refractivity contribution >= 4 is 39.1 Å². The summed E-state index contributed by atoms with van der Waals surface area (Å²) in [6.07, 6.45) is 1.05. The van der Waals surface area contributed by atoms with Gasteiger partial charge in [-0.25, -0.2) is 8.42 Å². The maximum atomic E-state index is 13.4. The number of hydrogen-bond acceptors (Lipinski definition) is 4. The van der Waals surface area contributed by atoms with Crippen LogP contribution in [0.2, 0.25) is 5.02 Å². The number of carbonyl (C=O) groups is 2. The second-order valence-corrected chi connectivity index (χ2v) is 10.4. The number of amides is 2. The van der Waals surface area contributed by atoms with Crippen LogP contribution in [0, 0.1) is 6.92 Å². The van der Waals surface area contributed by atoms with Crippen LogP contribution in [0.3, 0.4) is 0 Å². The second kappa shape index (κ2) is 10.8. The van der Waals surface area contributed by atoms with E-state index >= 15 is 0 Å². The SMILES string of the molecule is Cc1cc(Cl)ccc1N(CC(=O)N(Cc1ccccc1)C(C)C(=O)NC(C)C)S(C)(=O)=O. The molecular formula is C23H30ClN3O4S. The van der Waals surface area contributed by atoms with Crippen LogP contribution < -0.4 is 9.62 Å². The smallest absolute Gasteiger partial charge is 0.244 e. The number of nitrogens with zero attached hydrogens (tertiary/aromatic N) is 2. The lowest BCUT2D eigenvalue weighted by molar-refractivity contribution is -0.139. The summed E-state index contributed by atoms with van der Waals surface area (Å²) < 4.78 is 26.2. The summed E-state index contributed by atoms with van der Waals surface area (Å²) in [7, 11) is -3.78. The number of rotatable bonds is 9. The molecule has 0 bridgehead atoms. The minimum absolute atomic E-state index is 0.0946. The van der Waals surface area contributed by atoms with Crippen molar-refractivity contribution in [2.45, 2.75) is 46.3 Å². The highest BCUT2D eigenvalue weighted by Crippen LogP contribution is 2.26. The lowest BCUT2D eigenvalue weighted by atomic mass is 10.1. The summed E-state index contributed by atoms with van der Waals surface area (Å²) in [6, 6.07) is 13.2. The molecule has 0 saturated carbocycles. The Morgan fingerprint density at radius 2 is 1.69 bits per heavy atom. The maximum Gasteiger partial charge on any atom is 0.244 e. The molecule has 1 atom stereocenters. The molecule has 2 aromatic rings. The van der Waals surface area contributed by atoms with Gasteiger partial charge >= 0.3 is 0 Å². The number of benzene rings is 2. The Balaban J connectivity index is 2.40. The van der Waals surface area contributed by atoms with E-state index in [0.29, 0.717) is 16.3 Å². The van der Waals surface area contributed by atoms with E-state index in [1.165, 1.54) is 4.90 Å². The van der Waals surface area contributed by atoms with Crippen LogP contribution in [0.25, 0.3) is 0 Å². The number of sulfonamides is 1. The minimum atomic E-state index is -3.78. The Bertz CT molecular complexity index is 1060. The summed E-state index contributed by atoms with van der Waals surface area (Å²) in [5.74, 6) is -0.794. The standard InChI is InChI=1S/C23H30ClN3O4S/c1-16(2)25-23(29)18(4)26(14-19-9-7-6-8-10-19)22(28)15-27(32(5,30)31)21-12-11-20(24)13-17(21)3/h6-13,16,18H,14-15H2,1-5H3,(H,25,29). The first-order valence-corrected chi connectivity index (χ1v) is 12.5. The Labute approximate surface area is 195 Å². The molecule has 0 aromatic heterocycles. The average molecular weight is 480 g/mol. The van der Waals surface area contributed by atoms with Crippen molar-refractivity contribution in [3.63, 3.8) is 0 Å². The minimum Gasteiger partial charge on any atom is -0.352 e. The first-order chi connectivity index (χ1) is 14.9. The van der Waals surface area contributed by atoms with Crippen LogP contribution in [0.5, 0.6) is 0 Å². The lowest BCUT2D eigenvalue weighted by Gasteiger charge is -2.32. The molecule has 0 spiro atoms. The van der Waals surface area contributed by atoms with Crippen LogP contribution >= 0.6 is 11.6 Å². The predicted molar refractivity (Wildman–Crippen MR) is 128 cm³/mol. The van der Waals surface area contributed by atoms with E-state index in [9.17, 15) is 18.0 Å². The van der Waals surface area contributed by atoms with Gasteiger partial charge in [0.25, 0.3) is 0 Å². The van der Waals surface area contributed by atoms with Crippen molar-refractivity contribution < 1.29 is 18.0 Å². The summed E-state index contributed by atoms with van der Waals surface area (Å²) in [5, 5.41) is 3.28. The molecule has 0 aliphatic rings. The second-order valence-electron chi connectivity index (χ2n) is 8.05. The monoisotopic (exact) mass is 479 g/mol. The average Bonchev–Trinajstić information content (AvgIpc) is 2.69. The van der Waals surface area contributed by atoms with Crippen molar-refractivity contribution in [1.82, 2.24) is 10.2 Å². The van der Waals surface area contributed by atoms with Crippen LogP contribution in [-0.2, 0) is 26.2 Å². The van der Waals surface area contributed by atoms with E-state index in [1.54, 1.807) is 32.0 Å². The molecule has 0 aliphatic heterocycles.